The summed E-state index contributed by atoms with van der Waals surface area (Å²) < 4.78 is 6.53. The molecule has 0 bridgehead atoms. The minimum atomic E-state index is -0.222. The lowest BCUT2D eigenvalue weighted by Gasteiger charge is -2.02. The van der Waals surface area contributed by atoms with Gasteiger partial charge in [-0.05, 0) is 13.3 Å². The van der Waals surface area contributed by atoms with E-state index in [1.807, 2.05) is 0 Å². The Labute approximate surface area is 97.8 Å². The molecule has 0 aliphatic carbocycles. The van der Waals surface area contributed by atoms with Gasteiger partial charge in [-0.1, -0.05) is 5.16 Å². The van der Waals surface area contributed by atoms with Gasteiger partial charge in [0.25, 0.3) is 5.91 Å². The zero-order chi connectivity index (χ0) is 12.1. The van der Waals surface area contributed by atoms with Crippen molar-refractivity contribution in [3.63, 3.8) is 0 Å². The van der Waals surface area contributed by atoms with Gasteiger partial charge in [-0.25, -0.2) is 4.98 Å². The van der Waals surface area contributed by atoms with Gasteiger partial charge >= 0.3 is 0 Å². The summed E-state index contributed by atoms with van der Waals surface area (Å²) in [6, 6.07) is 1.60. The third kappa shape index (κ3) is 3.13. The van der Waals surface area contributed by atoms with Crippen LogP contribution in [0.25, 0.3) is 0 Å². The van der Waals surface area contributed by atoms with Gasteiger partial charge < -0.3 is 9.84 Å². The summed E-state index contributed by atoms with van der Waals surface area (Å²) in [7, 11) is 0. The second kappa shape index (κ2) is 5.24. The van der Waals surface area contributed by atoms with Crippen LogP contribution in [0.1, 0.15) is 22.7 Å². The molecule has 7 nitrogen and oxygen atoms in total. The molecule has 2 aromatic rings. The van der Waals surface area contributed by atoms with E-state index in [4.69, 9.17) is 4.52 Å². The number of rotatable bonds is 5. The molecule has 0 radical (unpaired) electrons. The number of amides is 1. The van der Waals surface area contributed by atoms with Crippen LogP contribution in [0.5, 0.6) is 0 Å². The molecule has 0 saturated heterocycles. The average Bonchev–Trinajstić information content (AvgIpc) is 2.95. The molecule has 0 fully saturated rings. The first-order chi connectivity index (χ1) is 8.25. The molecule has 0 aliphatic heterocycles. The minimum Gasteiger partial charge on any atom is -0.361 e. The SMILES string of the molecule is Cc1cc(C(=O)NCCCn2cncn2)no1. The van der Waals surface area contributed by atoms with Gasteiger partial charge in [0.2, 0.25) is 0 Å². The molecule has 90 valence electrons. The molecule has 2 heterocycles. The number of aromatic nitrogens is 4. The van der Waals surface area contributed by atoms with Crippen LogP contribution < -0.4 is 5.32 Å². The van der Waals surface area contributed by atoms with E-state index in [1.54, 1.807) is 24.0 Å². The second-order valence-corrected chi connectivity index (χ2v) is 3.59. The maximum atomic E-state index is 11.6. The quantitative estimate of drug-likeness (QED) is 0.758. The summed E-state index contributed by atoms with van der Waals surface area (Å²) in [4.78, 5) is 15.4. The van der Waals surface area contributed by atoms with Crippen molar-refractivity contribution in [2.24, 2.45) is 0 Å². The predicted molar refractivity (Wildman–Crippen MR) is 58.2 cm³/mol. The maximum Gasteiger partial charge on any atom is 0.273 e. The largest absolute Gasteiger partial charge is 0.361 e. The smallest absolute Gasteiger partial charge is 0.273 e. The number of carbonyl (C=O) groups excluding carboxylic acids is 1. The van der Waals surface area contributed by atoms with E-state index in [-0.39, 0.29) is 5.91 Å². The topological polar surface area (TPSA) is 85.8 Å². The first-order valence-corrected chi connectivity index (χ1v) is 5.29. The fourth-order valence-corrected chi connectivity index (χ4v) is 1.36. The normalized spacial score (nSPS) is 10.4. The van der Waals surface area contributed by atoms with E-state index in [1.165, 1.54) is 6.33 Å². The number of hydrogen-bond donors (Lipinski definition) is 1. The van der Waals surface area contributed by atoms with Gasteiger partial charge in [-0.2, -0.15) is 5.10 Å². The third-order valence-electron chi connectivity index (χ3n) is 2.18. The van der Waals surface area contributed by atoms with Crippen molar-refractivity contribution in [1.29, 1.82) is 0 Å². The first kappa shape index (κ1) is 11.3. The molecule has 0 atom stereocenters. The van der Waals surface area contributed by atoms with E-state index in [9.17, 15) is 4.79 Å². The monoisotopic (exact) mass is 235 g/mol. The lowest BCUT2D eigenvalue weighted by Crippen LogP contribution is -2.25. The molecule has 17 heavy (non-hydrogen) atoms. The zero-order valence-corrected chi connectivity index (χ0v) is 9.46. The van der Waals surface area contributed by atoms with Crippen LogP contribution in [0.3, 0.4) is 0 Å². The number of hydrogen-bond acceptors (Lipinski definition) is 5. The molecule has 1 amide bonds. The van der Waals surface area contributed by atoms with Gasteiger partial charge in [-0.3, -0.25) is 9.48 Å². The van der Waals surface area contributed by atoms with Gasteiger partial charge in [0.15, 0.2) is 5.69 Å². The van der Waals surface area contributed by atoms with Crippen LogP contribution in [0.2, 0.25) is 0 Å². The Hall–Kier alpha value is -2.18. The number of aryl methyl sites for hydroxylation is 2. The lowest BCUT2D eigenvalue weighted by molar-refractivity contribution is 0.0943. The summed E-state index contributed by atoms with van der Waals surface area (Å²) in [5, 5.41) is 10.3. The Bertz CT molecular complexity index is 477. The highest BCUT2D eigenvalue weighted by atomic mass is 16.5. The Morgan fingerprint density at radius 3 is 3.12 bits per heavy atom. The van der Waals surface area contributed by atoms with Crippen molar-refractivity contribution in [3.05, 3.63) is 30.2 Å². The molecule has 0 aromatic carbocycles. The number of nitrogens with zero attached hydrogens (tertiary/aromatic N) is 4. The molecule has 0 aliphatic rings. The summed E-state index contributed by atoms with van der Waals surface area (Å²) in [5.41, 5.74) is 0.309. The lowest BCUT2D eigenvalue weighted by atomic mass is 10.3. The molecule has 0 saturated carbocycles. The molecular weight excluding hydrogens is 222 g/mol. The van der Waals surface area contributed by atoms with Gasteiger partial charge in [0.05, 0.1) is 0 Å². The molecule has 2 aromatic heterocycles. The highest BCUT2D eigenvalue weighted by Gasteiger charge is 2.09. The first-order valence-electron chi connectivity index (χ1n) is 5.29. The van der Waals surface area contributed by atoms with E-state index in [0.29, 0.717) is 18.0 Å². The van der Waals surface area contributed by atoms with Crippen molar-refractivity contribution < 1.29 is 9.32 Å². The Balaban J connectivity index is 1.70. The van der Waals surface area contributed by atoms with Crippen LogP contribution in [0, 0.1) is 6.92 Å². The fraction of sp³-hybridized carbons (Fsp3) is 0.400. The Morgan fingerprint density at radius 2 is 2.47 bits per heavy atom. The minimum absolute atomic E-state index is 0.222. The predicted octanol–water partition coefficient (Wildman–Crippen LogP) is 0.395. The van der Waals surface area contributed by atoms with Crippen molar-refractivity contribution in [3.8, 4) is 0 Å². The second-order valence-electron chi connectivity index (χ2n) is 3.59. The van der Waals surface area contributed by atoms with Gasteiger partial charge in [0, 0.05) is 19.2 Å². The standard InChI is InChI=1S/C10H13N5O2/c1-8-5-9(14-17-8)10(16)12-3-2-4-15-7-11-6-13-15/h5-7H,2-4H2,1H3,(H,12,16). The van der Waals surface area contributed by atoms with Gasteiger partial charge in [-0.15, -0.1) is 0 Å². The fourth-order valence-electron chi connectivity index (χ4n) is 1.36. The highest BCUT2D eigenvalue weighted by Crippen LogP contribution is 2.00. The van der Waals surface area contributed by atoms with Crippen molar-refractivity contribution in [2.75, 3.05) is 6.54 Å². The van der Waals surface area contributed by atoms with Crippen LogP contribution >= 0.6 is 0 Å². The summed E-state index contributed by atoms with van der Waals surface area (Å²) in [6.45, 7) is 3.03. The maximum absolute atomic E-state index is 11.6. The van der Waals surface area contributed by atoms with Gasteiger partial charge in [0.1, 0.15) is 18.4 Å². The van der Waals surface area contributed by atoms with Crippen molar-refractivity contribution >= 4 is 5.91 Å². The van der Waals surface area contributed by atoms with E-state index < -0.39 is 0 Å². The third-order valence-corrected chi connectivity index (χ3v) is 2.18. The van der Waals surface area contributed by atoms with Crippen LogP contribution in [0.15, 0.2) is 23.2 Å². The highest BCUT2D eigenvalue weighted by molar-refractivity contribution is 5.92. The summed E-state index contributed by atoms with van der Waals surface area (Å²) in [6.07, 6.45) is 3.91. The van der Waals surface area contributed by atoms with Crippen molar-refractivity contribution in [2.45, 2.75) is 19.9 Å². The molecule has 0 unspecified atom stereocenters. The molecule has 0 spiro atoms. The Morgan fingerprint density at radius 1 is 1.59 bits per heavy atom. The molecule has 7 heteroatoms. The molecular formula is C10H13N5O2. The van der Waals surface area contributed by atoms with Crippen LogP contribution in [-0.2, 0) is 6.54 Å². The zero-order valence-electron chi connectivity index (χ0n) is 9.46. The summed E-state index contributed by atoms with van der Waals surface area (Å²) >= 11 is 0. The molecule has 2 rings (SSSR count). The summed E-state index contributed by atoms with van der Waals surface area (Å²) in [5.74, 6) is 0.401. The van der Waals surface area contributed by atoms with Crippen molar-refractivity contribution in [1.82, 2.24) is 25.2 Å². The Kier molecular flexibility index (Phi) is 3.49. The van der Waals surface area contributed by atoms with E-state index in [0.717, 1.165) is 13.0 Å². The van der Waals surface area contributed by atoms with Crippen LogP contribution in [0.4, 0.5) is 0 Å². The van der Waals surface area contributed by atoms with Crippen LogP contribution in [-0.4, -0.2) is 32.4 Å². The number of nitrogens with one attached hydrogen (secondary N) is 1. The average molecular weight is 235 g/mol. The van der Waals surface area contributed by atoms with E-state index >= 15 is 0 Å². The molecule has 1 N–H and O–H groups in total. The van der Waals surface area contributed by atoms with E-state index in [2.05, 4.69) is 20.6 Å². The number of carbonyl (C=O) groups is 1.